The molecule has 0 aliphatic rings. The Balaban J connectivity index is 1.86. The Morgan fingerprint density at radius 1 is 1.00 bits per heavy atom. The number of rotatable bonds is 6. The third-order valence-electron chi connectivity index (χ3n) is 4.50. The molecular weight excluding hydrogens is 366 g/mol. The highest BCUT2D eigenvalue weighted by Crippen LogP contribution is 2.27. The molecule has 2 heterocycles. The number of ether oxygens (including phenoxy) is 1. The van der Waals surface area contributed by atoms with Gasteiger partial charge in [-0.05, 0) is 49.4 Å². The molecule has 4 aromatic rings. The number of aromatic nitrogens is 2. The standard InChI is InChI=1S/C23H19N3O3/c1-2-29-16-12-10-15(11-13-16)21(27)20-17-7-3-4-8-18(17)23(28)26-22(20)25-19-9-5-6-14-24-19/h3-14H,2H2,1H3,(H2,24,25,26,28). The van der Waals surface area contributed by atoms with Crippen molar-refractivity contribution in [2.45, 2.75) is 6.92 Å². The monoisotopic (exact) mass is 385 g/mol. The smallest absolute Gasteiger partial charge is 0.257 e. The van der Waals surface area contributed by atoms with Gasteiger partial charge in [0.2, 0.25) is 0 Å². The number of benzene rings is 2. The number of H-pyrrole nitrogens is 1. The molecule has 29 heavy (non-hydrogen) atoms. The van der Waals surface area contributed by atoms with Crippen LogP contribution in [0.5, 0.6) is 5.75 Å². The van der Waals surface area contributed by atoms with Gasteiger partial charge >= 0.3 is 0 Å². The first kappa shape index (κ1) is 18.4. The van der Waals surface area contributed by atoms with E-state index in [0.29, 0.717) is 45.9 Å². The number of carbonyl (C=O) groups excluding carboxylic acids is 1. The predicted octanol–water partition coefficient (Wildman–Crippen LogP) is 4.30. The molecule has 0 saturated carbocycles. The van der Waals surface area contributed by atoms with Gasteiger partial charge in [-0.1, -0.05) is 24.3 Å². The minimum Gasteiger partial charge on any atom is -0.494 e. The Kier molecular flexibility index (Phi) is 5.07. The molecule has 2 aromatic carbocycles. The fraction of sp³-hybridized carbons (Fsp3) is 0.0870. The lowest BCUT2D eigenvalue weighted by molar-refractivity contribution is 0.104. The summed E-state index contributed by atoms with van der Waals surface area (Å²) in [7, 11) is 0. The van der Waals surface area contributed by atoms with Crippen molar-refractivity contribution in [2.24, 2.45) is 0 Å². The first-order valence-electron chi connectivity index (χ1n) is 9.28. The van der Waals surface area contributed by atoms with Crippen molar-refractivity contribution in [3.63, 3.8) is 0 Å². The van der Waals surface area contributed by atoms with Crippen LogP contribution in [0.3, 0.4) is 0 Å². The summed E-state index contributed by atoms with van der Waals surface area (Å²) in [6.07, 6.45) is 1.63. The molecule has 0 aliphatic heterocycles. The molecule has 6 nitrogen and oxygen atoms in total. The largest absolute Gasteiger partial charge is 0.494 e. The minimum atomic E-state index is -0.276. The summed E-state index contributed by atoms with van der Waals surface area (Å²) in [6.45, 7) is 2.46. The van der Waals surface area contributed by atoms with Crippen LogP contribution in [-0.2, 0) is 0 Å². The number of carbonyl (C=O) groups is 1. The van der Waals surface area contributed by atoms with Crippen LogP contribution in [0.25, 0.3) is 10.8 Å². The Hall–Kier alpha value is -3.93. The average Bonchev–Trinajstić information content (AvgIpc) is 2.75. The minimum absolute atomic E-state index is 0.209. The van der Waals surface area contributed by atoms with E-state index in [1.165, 1.54) is 0 Å². The van der Waals surface area contributed by atoms with E-state index in [9.17, 15) is 9.59 Å². The highest BCUT2D eigenvalue weighted by Gasteiger charge is 2.20. The van der Waals surface area contributed by atoms with E-state index in [1.54, 1.807) is 66.9 Å². The highest BCUT2D eigenvalue weighted by atomic mass is 16.5. The third kappa shape index (κ3) is 3.73. The van der Waals surface area contributed by atoms with Crippen LogP contribution >= 0.6 is 0 Å². The number of nitrogens with zero attached hydrogens (tertiary/aromatic N) is 1. The number of fused-ring (bicyclic) bond motifs is 1. The van der Waals surface area contributed by atoms with Crippen molar-refractivity contribution in [1.29, 1.82) is 0 Å². The van der Waals surface area contributed by atoms with Crippen molar-refractivity contribution in [3.8, 4) is 5.75 Å². The second-order valence-corrected chi connectivity index (χ2v) is 6.38. The number of ketones is 1. The van der Waals surface area contributed by atoms with Gasteiger partial charge < -0.3 is 15.0 Å². The molecule has 0 atom stereocenters. The summed E-state index contributed by atoms with van der Waals surface area (Å²) in [4.78, 5) is 33.0. The zero-order chi connectivity index (χ0) is 20.2. The number of aromatic amines is 1. The fourth-order valence-electron chi connectivity index (χ4n) is 3.19. The maximum Gasteiger partial charge on any atom is 0.257 e. The summed E-state index contributed by atoms with van der Waals surface area (Å²) in [5.41, 5.74) is 0.604. The van der Waals surface area contributed by atoms with Gasteiger partial charge in [0.25, 0.3) is 5.56 Å². The van der Waals surface area contributed by atoms with Crippen LogP contribution in [0.2, 0.25) is 0 Å². The molecular formula is C23H19N3O3. The van der Waals surface area contributed by atoms with Gasteiger partial charge in [-0.2, -0.15) is 0 Å². The Morgan fingerprint density at radius 2 is 1.72 bits per heavy atom. The van der Waals surface area contributed by atoms with E-state index < -0.39 is 0 Å². The SMILES string of the molecule is CCOc1ccc(C(=O)c2c(Nc3ccccn3)[nH]c(=O)c3ccccc23)cc1. The molecule has 0 saturated heterocycles. The fourth-order valence-corrected chi connectivity index (χ4v) is 3.19. The van der Waals surface area contributed by atoms with Crippen molar-refractivity contribution >= 4 is 28.2 Å². The summed E-state index contributed by atoms with van der Waals surface area (Å²) < 4.78 is 5.46. The van der Waals surface area contributed by atoms with Crippen LogP contribution in [-0.4, -0.2) is 22.4 Å². The lowest BCUT2D eigenvalue weighted by atomic mass is 9.98. The Bertz CT molecular complexity index is 1220. The molecule has 0 radical (unpaired) electrons. The van der Waals surface area contributed by atoms with Crippen LogP contribution in [0, 0.1) is 0 Å². The lowest BCUT2D eigenvalue weighted by Gasteiger charge is -2.14. The average molecular weight is 385 g/mol. The topological polar surface area (TPSA) is 84.1 Å². The van der Waals surface area contributed by atoms with Gasteiger partial charge in [-0.25, -0.2) is 4.98 Å². The Labute approximate surface area is 167 Å². The van der Waals surface area contributed by atoms with Crippen molar-refractivity contribution in [3.05, 3.63) is 94.4 Å². The van der Waals surface area contributed by atoms with Crippen LogP contribution in [0.1, 0.15) is 22.8 Å². The maximum absolute atomic E-state index is 13.4. The summed E-state index contributed by atoms with van der Waals surface area (Å²) in [6, 6.07) is 19.4. The van der Waals surface area contributed by atoms with Gasteiger partial charge in [0.1, 0.15) is 17.4 Å². The van der Waals surface area contributed by atoms with E-state index in [1.807, 2.05) is 13.0 Å². The predicted molar refractivity (Wildman–Crippen MR) is 113 cm³/mol. The molecule has 2 aromatic heterocycles. The van der Waals surface area contributed by atoms with E-state index in [2.05, 4.69) is 15.3 Å². The molecule has 0 aliphatic carbocycles. The van der Waals surface area contributed by atoms with Crippen LogP contribution in [0.15, 0.2) is 77.7 Å². The molecule has 6 heteroatoms. The van der Waals surface area contributed by atoms with E-state index in [-0.39, 0.29) is 11.3 Å². The van der Waals surface area contributed by atoms with Crippen molar-refractivity contribution in [2.75, 3.05) is 11.9 Å². The molecule has 144 valence electrons. The molecule has 0 fully saturated rings. The maximum atomic E-state index is 13.4. The first-order chi connectivity index (χ1) is 14.2. The quantitative estimate of drug-likeness (QED) is 0.484. The van der Waals surface area contributed by atoms with Gasteiger partial charge in [0.05, 0.1) is 12.2 Å². The van der Waals surface area contributed by atoms with E-state index in [4.69, 9.17) is 4.74 Å². The first-order valence-corrected chi connectivity index (χ1v) is 9.28. The number of hydrogen-bond donors (Lipinski definition) is 2. The van der Waals surface area contributed by atoms with Crippen LogP contribution < -0.4 is 15.6 Å². The second kappa shape index (κ2) is 7.98. The number of anilines is 2. The zero-order valence-electron chi connectivity index (χ0n) is 15.8. The van der Waals surface area contributed by atoms with E-state index in [0.717, 1.165) is 0 Å². The van der Waals surface area contributed by atoms with Gasteiger partial charge in [-0.3, -0.25) is 9.59 Å². The molecule has 2 N–H and O–H groups in total. The number of hydrogen-bond acceptors (Lipinski definition) is 5. The summed E-state index contributed by atoms with van der Waals surface area (Å²) >= 11 is 0. The van der Waals surface area contributed by atoms with Gasteiger partial charge in [0, 0.05) is 22.5 Å². The van der Waals surface area contributed by atoms with Crippen molar-refractivity contribution in [1.82, 2.24) is 9.97 Å². The zero-order valence-corrected chi connectivity index (χ0v) is 15.8. The highest BCUT2D eigenvalue weighted by molar-refractivity contribution is 6.19. The molecule has 0 amide bonds. The summed E-state index contributed by atoms with van der Waals surface area (Å²) in [5.74, 6) is 1.33. The Morgan fingerprint density at radius 3 is 2.41 bits per heavy atom. The number of pyridine rings is 2. The van der Waals surface area contributed by atoms with Crippen LogP contribution in [0.4, 0.5) is 11.6 Å². The molecule has 0 unspecified atom stereocenters. The van der Waals surface area contributed by atoms with Gasteiger partial charge in [-0.15, -0.1) is 0 Å². The lowest BCUT2D eigenvalue weighted by Crippen LogP contribution is -2.16. The molecule has 0 bridgehead atoms. The van der Waals surface area contributed by atoms with E-state index >= 15 is 0 Å². The van der Waals surface area contributed by atoms with Gasteiger partial charge in [0.15, 0.2) is 5.78 Å². The molecule has 4 rings (SSSR count). The number of nitrogens with one attached hydrogen (secondary N) is 2. The third-order valence-corrected chi connectivity index (χ3v) is 4.50. The molecule has 0 spiro atoms. The normalized spacial score (nSPS) is 10.7. The van der Waals surface area contributed by atoms with Crippen molar-refractivity contribution < 1.29 is 9.53 Å². The summed E-state index contributed by atoms with van der Waals surface area (Å²) in [5, 5.41) is 4.11. The second-order valence-electron chi connectivity index (χ2n) is 6.38.